The molecule has 0 aliphatic rings. The number of hydrogen-bond donors (Lipinski definition) is 0. The summed E-state index contributed by atoms with van der Waals surface area (Å²) in [7, 11) is 0. The van der Waals surface area contributed by atoms with Crippen molar-refractivity contribution in [2.75, 3.05) is 0 Å². The van der Waals surface area contributed by atoms with Crippen LogP contribution in [0.4, 0.5) is 0 Å². The normalized spacial score (nSPS) is 11.5. The number of aryl methyl sites for hydroxylation is 1. The van der Waals surface area contributed by atoms with Gasteiger partial charge in [0, 0.05) is 29.7 Å². The molecule has 0 saturated heterocycles. The number of ether oxygens (including phenoxy) is 1. The van der Waals surface area contributed by atoms with Crippen molar-refractivity contribution in [3.63, 3.8) is 0 Å². The summed E-state index contributed by atoms with van der Waals surface area (Å²) in [5.74, 6) is 1.98. The molecule has 0 saturated carbocycles. The van der Waals surface area contributed by atoms with E-state index in [1.807, 2.05) is 36.5 Å². The van der Waals surface area contributed by atoms with Gasteiger partial charge in [0.15, 0.2) is 0 Å². The molecule has 9 aromatic rings. The summed E-state index contributed by atoms with van der Waals surface area (Å²) in [5.41, 5.74) is 9.09. The molecule has 0 aliphatic carbocycles. The minimum absolute atomic E-state index is 0.589. The van der Waals surface area contributed by atoms with E-state index in [4.69, 9.17) is 9.72 Å². The van der Waals surface area contributed by atoms with E-state index in [2.05, 4.69) is 147 Å². The van der Waals surface area contributed by atoms with Crippen LogP contribution in [0.3, 0.4) is 0 Å². The standard InChI is InChI=1S/C41H26N6O.Pt/c1-28-20-41(44-25-36(28)29-23-42-26-43-24-29)47-37-15-6-5-14-34(37)35-19-18-33(22-40(35)47)48-32-13-9-12-31(21-32)46-27-45(30-10-3-2-4-11-30)38-16-7-8-17-39(38)46;/h2-20,23-26H,1H3;/q-2;. The van der Waals surface area contributed by atoms with E-state index in [-0.39, 0.29) is 0 Å². The van der Waals surface area contributed by atoms with Crippen molar-refractivity contribution in [3.8, 4) is 39.8 Å². The van der Waals surface area contributed by atoms with Gasteiger partial charge in [0.2, 0.25) is 0 Å². The molecule has 0 N–H and O–H groups in total. The monoisotopic (exact) mass is 813 g/mol. The van der Waals surface area contributed by atoms with Crippen molar-refractivity contribution in [2.24, 2.45) is 0 Å². The third-order valence-electron chi connectivity index (χ3n) is 8.69. The van der Waals surface area contributed by atoms with E-state index in [0.717, 1.165) is 70.5 Å². The predicted molar refractivity (Wildman–Crippen MR) is 188 cm³/mol. The van der Waals surface area contributed by atoms with Crippen LogP contribution in [0.1, 0.15) is 5.56 Å². The third-order valence-corrected chi connectivity index (χ3v) is 9.70. The van der Waals surface area contributed by atoms with Crippen LogP contribution in [0.5, 0.6) is 11.5 Å². The number of aromatic nitrogens is 6. The maximum atomic E-state index is 6.50. The molecule has 0 amide bonds. The average molecular weight is 814 g/mol. The van der Waals surface area contributed by atoms with Gasteiger partial charge in [0.05, 0.1) is 0 Å². The number of imidazole rings is 1. The Labute approximate surface area is 292 Å². The summed E-state index contributed by atoms with van der Waals surface area (Å²) >= 11 is 2.39. The number of rotatable bonds is 6. The molecule has 0 unspecified atom stereocenters. The second-order valence-corrected chi connectivity index (χ2v) is 12.7. The van der Waals surface area contributed by atoms with E-state index < -0.39 is 0 Å². The van der Waals surface area contributed by atoms with Gasteiger partial charge >= 0.3 is 223 Å². The second kappa shape index (κ2) is 12.0. The van der Waals surface area contributed by atoms with Crippen molar-refractivity contribution in [3.05, 3.63) is 162 Å². The SMILES string of the molecule is Cc1cc(-n2c3[c-]c(Oc4[c-]c(-n5[c](=[Pt])n(-c6ccccc6)c6ccccc65)ccc4)ccc3c3ccccc32)ncc1-c1cncnc1. The number of hydrogen-bond acceptors (Lipinski definition) is 4. The Morgan fingerprint density at radius 3 is 2.14 bits per heavy atom. The molecular weight excluding hydrogens is 788 g/mol. The van der Waals surface area contributed by atoms with Gasteiger partial charge in [-0.1, -0.05) is 12.1 Å². The summed E-state index contributed by atoms with van der Waals surface area (Å²) in [4.78, 5) is 13.3. The van der Waals surface area contributed by atoms with Crippen LogP contribution in [0.25, 0.3) is 61.2 Å². The number of fused-ring (bicyclic) bond motifs is 4. The summed E-state index contributed by atoms with van der Waals surface area (Å²) < 4.78 is 14.1. The van der Waals surface area contributed by atoms with Gasteiger partial charge in [-0.05, 0) is 12.5 Å². The maximum absolute atomic E-state index is 6.50. The van der Waals surface area contributed by atoms with Crippen LogP contribution in [0.2, 0.25) is 0 Å². The fraction of sp³-hybridized carbons (Fsp3) is 0.0244. The van der Waals surface area contributed by atoms with Crippen LogP contribution in [-0.2, 0) is 19.4 Å². The molecule has 0 radical (unpaired) electrons. The Bertz CT molecular complexity index is 2730. The zero-order chi connectivity index (χ0) is 32.9. The summed E-state index contributed by atoms with van der Waals surface area (Å²) in [6.07, 6.45) is 7.04. The van der Waals surface area contributed by atoms with Gasteiger partial charge in [-0.25, -0.2) is 9.97 Å². The zero-order valence-corrected chi connectivity index (χ0v) is 28.5. The topological polar surface area (TPSA) is 62.7 Å². The average Bonchev–Trinajstić information content (AvgIpc) is 3.63. The van der Waals surface area contributed by atoms with E-state index in [1.54, 1.807) is 12.4 Å². The van der Waals surface area contributed by atoms with Crippen LogP contribution in [0.15, 0.2) is 140 Å². The smallest absolute Gasteiger partial charge is 0.244 e. The first-order valence-corrected chi connectivity index (χ1v) is 16.9. The Morgan fingerprint density at radius 1 is 0.633 bits per heavy atom. The van der Waals surface area contributed by atoms with Gasteiger partial charge in [-0.3, -0.25) is 0 Å². The summed E-state index contributed by atoms with van der Waals surface area (Å²) in [5, 5.41) is 2.19. The summed E-state index contributed by atoms with van der Waals surface area (Å²) in [6, 6.07) is 46.4. The van der Waals surface area contributed by atoms with Gasteiger partial charge in [0.1, 0.15) is 6.33 Å². The molecule has 238 valence electrons. The molecule has 4 heterocycles. The van der Waals surface area contributed by atoms with Gasteiger partial charge in [-0.15, -0.1) is 0 Å². The fourth-order valence-electron chi connectivity index (χ4n) is 6.48. The Kier molecular flexibility index (Phi) is 7.14. The van der Waals surface area contributed by atoms with Gasteiger partial charge in [0.25, 0.3) is 0 Å². The first-order chi connectivity index (χ1) is 24.1. The molecule has 0 aliphatic heterocycles. The number of pyridine rings is 1. The predicted octanol–water partition coefficient (Wildman–Crippen LogP) is 9.15. The van der Waals surface area contributed by atoms with Crippen LogP contribution in [-0.4, -0.2) is 28.7 Å². The molecule has 49 heavy (non-hydrogen) atoms. The number of benzene rings is 5. The number of para-hydroxylation sites is 4. The van der Waals surface area contributed by atoms with Crippen molar-refractivity contribution in [2.45, 2.75) is 6.92 Å². The van der Waals surface area contributed by atoms with Crippen molar-refractivity contribution < 1.29 is 24.1 Å². The molecular formula is C41H26N6OPt-2. The Hall–Kier alpha value is -5.91. The van der Waals surface area contributed by atoms with E-state index in [0.29, 0.717) is 11.5 Å². The quantitative estimate of drug-likeness (QED) is 0.157. The van der Waals surface area contributed by atoms with Gasteiger partial charge in [-0.2, -0.15) is 0 Å². The van der Waals surface area contributed by atoms with Gasteiger partial charge < -0.3 is 0 Å². The molecule has 5 aromatic carbocycles. The first kappa shape index (κ1) is 29.2. The zero-order valence-electron chi connectivity index (χ0n) is 26.2. The molecule has 0 bridgehead atoms. The fourth-order valence-corrected chi connectivity index (χ4v) is 7.60. The molecule has 4 aromatic heterocycles. The van der Waals surface area contributed by atoms with Crippen LogP contribution < -0.4 is 4.74 Å². The van der Waals surface area contributed by atoms with Crippen LogP contribution >= 0.6 is 0 Å². The minimum Gasteiger partial charge on any atom is -0.244 e. The number of nitrogens with zero attached hydrogens (tertiary/aromatic N) is 6. The van der Waals surface area contributed by atoms with Crippen LogP contribution in [0, 0.1) is 22.9 Å². The van der Waals surface area contributed by atoms with Crippen molar-refractivity contribution in [1.29, 1.82) is 0 Å². The van der Waals surface area contributed by atoms with E-state index in [1.165, 1.54) is 6.33 Å². The van der Waals surface area contributed by atoms with E-state index in [9.17, 15) is 0 Å². The third kappa shape index (κ3) is 5.02. The van der Waals surface area contributed by atoms with Crippen molar-refractivity contribution >= 4 is 32.8 Å². The summed E-state index contributed by atoms with van der Waals surface area (Å²) in [6.45, 7) is 2.08. The molecule has 0 spiro atoms. The molecule has 0 fully saturated rings. The molecule has 9 rings (SSSR count). The molecule has 0 atom stereocenters. The first-order valence-electron chi connectivity index (χ1n) is 15.8. The molecule has 7 nitrogen and oxygen atoms in total. The van der Waals surface area contributed by atoms with E-state index >= 15 is 0 Å². The minimum atomic E-state index is 0.589. The van der Waals surface area contributed by atoms with Crippen molar-refractivity contribution in [1.82, 2.24) is 28.7 Å². The Balaban J connectivity index is 1.13. The second-order valence-electron chi connectivity index (χ2n) is 11.7. The Morgan fingerprint density at radius 2 is 1.35 bits per heavy atom. The molecule has 8 heteroatoms.